The maximum absolute atomic E-state index is 14.1. The van der Waals surface area contributed by atoms with Crippen LogP contribution in [-0.2, 0) is 60.3 Å². The molecule has 0 aliphatic heterocycles. The van der Waals surface area contributed by atoms with E-state index in [0.29, 0.717) is 58.9 Å². The van der Waals surface area contributed by atoms with Crippen molar-refractivity contribution in [2.75, 3.05) is 0 Å². The Morgan fingerprint density at radius 1 is 0.236 bits per heavy atom. The molecule has 12 aromatic carbocycles. The molecule has 0 saturated carbocycles. The number of rotatable bonds is 18. The van der Waals surface area contributed by atoms with Gasteiger partial charge in [-0.15, -0.1) is 88.1 Å². The number of hydrogen-bond donors (Lipinski definition) is 6. The van der Waals surface area contributed by atoms with Crippen LogP contribution in [0.15, 0.2) is 226 Å². The van der Waals surface area contributed by atoms with E-state index in [-0.39, 0.29) is 166 Å². The molecule has 3 heterocycles. The quantitative estimate of drug-likeness (QED) is 0.0203. The van der Waals surface area contributed by atoms with Gasteiger partial charge in [-0.1, -0.05) is 106 Å². The molecular formula is C93H71F16Ir3N6O9-3. The van der Waals surface area contributed by atoms with Crippen molar-refractivity contribution in [1.82, 2.24) is 30.6 Å². The van der Waals surface area contributed by atoms with E-state index in [4.69, 9.17) is 43.9 Å². The Morgan fingerprint density at radius 2 is 0.457 bits per heavy atom. The molecule has 0 saturated heterocycles. The van der Waals surface area contributed by atoms with Gasteiger partial charge >= 0.3 is 0 Å². The van der Waals surface area contributed by atoms with E-state index in [2.05, 4.69) is 48.8 Å². The average Bonchev–Trinajstić information content (AvgIpc) is 0.916. The summed E-state index contributed by atoms with van der Waals surface area (Å²) in [7, 11) is 0. The maximum atomic E-state index is 14.1. The van der Waals surface area contributed by atoms with Crippen molar-refractivity contribution in [2.24, 2.45) is 0 Å². The van der Waals surface area contributed by atoms with Crippen LogP contribution in [0.25, 0.3) is 135 Å². The molecule has 6 N–H and O–H groups in total. The Morgan fingerprint density at radius 3 is 0.740 bits per heavy atom. The second kappa shape index (κ2) is 47.5. The largest absolute Gasteiger partial charge is 0.464 e. The third-order valence-corrected chi connectivity index (χ3v) is 17.7. The average molecular weight is 2300 g/mol. The van der Waals surface area contributed by atoms with E-state index in [0.717, 1.165) is 70.3 Å². The summed E-state index contributed by atoms with van der Waals surface area (Å²) in [5.41, 5.74) is 5.17. The Hall–Kier alpha value is -11.4. The van der Waals surface area contributed by atoms with Crippen molar-refractivity contribution >= 4 is 0 Å². The SMILES string of the molecule is CC(O)CC(C)O.CC(O)CC(C)O.CC(O)CC(C)O.Fc1c(F)c(F)c(-c2c[c-]c(-c3nnc(-c4ccc(-c5c(F)c(F)c(F)c(F)c5F)cc4)o3)cc2)c(F)c1F.Fc1ccc(-c2c[c-]c(-c3nnc(-c4ccc(-c5ccc(F)cc5)cc4)o3)cc2)cc1.Fc1ccc(-c2c[c-]c(-c3nnc(-c4ccc(-c5ccc(F)cc5F)cc4)o3)cc2)c(F)c1.[Ir].[Ir].[Ir]. The van der Waals surface area contributed by atoms with Gasteiger partial charge in [-0.3, -0.25) is 0 Å². The molecule has 15 nitrogen and oxygen atoms in total. The molecule has 0 bridgehead atoms. The van der Waals surface area contributed by atoms with Crippen LogP contribution < -0.4 is 0 Å². The van der Waals surface area contributed by atoms with E-state index in [1.54, 1.807) is 108 Å². The molecule has 15 aromatic rings. The molecule has 669 valence electrons. The third kappa shape index (κ3) is 27.6. The summed E-state index contributed by atoms with van der Waals surface area (Å²) in [6, 6.07) is 60.5. The molecule has 0 aliphatic rings. The minimum absolute atomic E-state index is 0. The molecule has 15 rings (SSSR count). The third-order valence-electron chi connectivity index (χ3n) is 17.7. The van der Waals surface area contributed by atoms with Crippen LogP contribution in [-0.4, -0.2) is 97.9 Å². The molecule has 0 aliphatic carbocycles. The van der Waals surface area contributed by atoms with Crippen molar-refractivity contribution in [3.05, 3.63) is 324 Å². The Bertz CT molecular complexity index is 5610. The zero-order chi connectivity index (χ0) is 89.9. The molecule has 0 amide bonds. The summed E-state index contributed by atoms with van der Waals surface area (Å²) in [4.78, 5) is 0. The first-order valence-electron chi connectivity index (χ1n) is 37.4. The Kier molecular flexibility index (Phi) is 38.4. The summed E-state index contributed by atoms with van der Waals surface area (Å²) in [6.45, 7) is 9.96. The molecular weight excluding hydrogens is 2230 g/mol. The molecule has 6 atom stereocenters. The fourth-order valence-electron chi connectivity index (χ4n) is 11.8. The molecule has 0 spiro atoms. The second-order valence-electron chi connectivity index (χ2n) is 27.9. The van der Waals surface area contributed by atoms with E-state index >= 15 is 0 Å². The molecule has 6 unspecified atom stereocenters. The van der Waals surface area contributed by atoms with Crippen LogP contribution >= 0.6 is 0 Å². The molecule has 127 heavy (non-hydrogen) atoms. The Balaban J connectivity index is 0.000000232. The van der Waals surface area contributed by atoms with Gasteiger partial charge in [0.2, 0.25) is 23.5 Å². The molecule has 3 radical (unpaired) electrons. The van der Waals surface area contributed by atoms with Gasteiger partial charge in [0.05, 0.1) is 42.2 Å². The van der Waals surface area contributed by atoms with Crippen LogP contribution in [0.5, 0.6) is 0 Å². The van der Waals surface area contributed by atoms with Crippen LogP contribution in [0, 0.1) is 111 Å². The second-order valence-corrected chi connectivity index (χ2v) is 27.9. The number of aliphatic hydroxyl groups is 6. The van der Waals surface area contributed by atoms with E-state index in [1.165, 1.54) is 60.7 Å². The minimum Gasteiger partial charge on any atom is -0.464 e. The predicted octanol–water partition coefficient (Wildman–Crippen LogP) is 22.2. The van der Waals surface area contributed by atoms with Crippen LogP contribution in [0.2, 0.25) is 0 Å². The van der Waals surface area contributed by atoms with Crippen LogP contribution in [0.3, 0.4) is 0 Å². The topological polar surface area (TPSA) is 238 Å². The predicted molar refractivity (Wildman–Crippen MR) is 428 cm³/mol. The monoisotopic (exact) mass is 2300 g/mol. The van der Waals surface area contributed by atoms with Crippen LogP contribution in [0.4, 0.5) is 70.2 Å². The van der Waals surface area contributed by atoms with Crippen LogP contribution in [0.1, 0.15) is 60.8 Å². The first kappa shape index (κ1) is 103. The van der Waals surface area contributed by atoms with Crippen molar-refractivity contribution in [1.29, 1.82) is 0 Å². The first-order valence-corrected chi connectivity index (χ1v) is 37.4. The fourth-order valence-corrected chi connectivity index (χ4v) is 11.8. The van der Waals surface area contributed by atoms with Gasteiger partial charge in [0.15, 0.2) is 70.0 Å². The molecule has 3 aromatic heterocycles. The van der Waals surface area contributed by atoms with Gasteiger partial charge in [-0.05, 0) is 167 Å². The number of halogens is 16. The van der Waals surface area contributed by atoms with E-state index in [9.17, 15) is 70.2 Å². The molecule has 34 heteroatoms. The number of aromatic nitrogens is 6. The standard InChI is InChI=1S/C26H7F10N2O.C26H13F4N2O.C26H15F2N2O.3C5H12O2.3Ir/c27-15-13(16(28)20(32)23(35)19(15)31)9-1-5-11(6-2-9)25-37-38-26(39-25)12-7-3-10(4-8-12)14-17(29)21(33)24(36)22(34)18(14)30;27-19-9-11-21(23(29)13-19)15-1-5-17(6-2-15)25-31-32-26(33-25)18-7-3-16(4-8-18)22-12-10-20(28)14-24(22)30;27-23-13-9-19(10-14-23)17-1-5-21(6-2-17)25-29-30-26(31-25)22-7-3-18(4-8-22)20-11-15-24(28)16-12-20;3*1-4(6)3-5(2)7;;;/h1-7H;1-7,9-14H;1-7,9-16H;3*4-7H,3H2,1-2H3;;;/q3*-1;;;;;;. The van der Waals surface area contributed by atoms with Gasteiger partial charge in [0.1, 0.15) is 34.9 Å². The number of nitrogens with zero attached hydrogens (tertiary/aromatic N) is 6. The van der Waals surface area contributed by atoms with Gasteiger partial charge in [0.25, 0.3) is 0 Å². The fraction of sp³-hybridized carbons (Fsp3) is 0.161. The summed E-state index contributed by atoms with van der Waals surface area (Å²) >= 11 is 0. The Labute approximate surface area is 756 Å². The van der Waals surface area contributed by atoms with Crippen molar-refractivity contribution in [3.8, 4) is 135 Å². The number of benzene rings is 12. The summed E-state index contributed by atoms with van der Waals surface area (Å²) in [6.07, 6.45) is -0.833. The van der Waals surface area contributed by atoms with Gasteiger partial charge in [0, 0.05) is 100 Å². The first-order chi connectivity index (χ1) is 59.0. The minimum atomic E-state index is -2.30. The zero-order valence-corrected chi connectivity index (χ0v) is 74.1. The van der Waals surface area contributed by atoms with Crippen molar-refractivity contribution in [3.63, 3.8) is 0 Å². The van der Waals surface area contributed by atoms with E-state index in [1.807, 2.05) is 42.5 Å². The molecule has 0 fully saturated rings. The van der Waals surface area contributed by atoms with E-state index < -0.39 is 92.6 Å². The summed E-state index contributed by atoms with van der Waals surface area (Å²) in [5, 5.41) is 75.2. The zero-order valence-electron chi connectivity index (χ0n) is 66.9. The van der Waals surface area contributed by atoms with Gasteiger partial charge in [-0.2, -0.15) is 15.3 Å². The normalized spacial score (nSPS) is 12.1. The smallest absolute Gasteiger partial charge is 0.237 e. The van der Waals surface area contributed by atoms with Gasteiger partial charge < -0.3 is 43.9 Å². The number of hydrogen-bond acceptors (Lipinski definition) is 15. The maximum Gasteiger partial charge on any atom is 0.237 e. The number of aliphatic hydroxyl groups excluding tert-OH is 6. The van der Waals surface area contributed by atoms with Crippen molar-refractivity contribution in [2.45, 2.75) is 97.4 Å². The van der Waals surface area contributed by atoms with Gasteiger partial charge in [-0.25, -0.2) is 70.2 Å². The summed E-state index contributed by atoms with van der Waals surface area (Å²) < 4.78 is 234. The summed E-state index contributed by atoms with van der Waals surface area (Å²) in [5.74, 6) is -23.3. The van der Waals surface area contributed by atoms with Crippen molar-refractivity contribution < 1.29 is 174 Å².